The average molecular weight is 463 g/mol. The molecule has 0 radical (unpaired) electrons. The third-order valence-corrected chi connectivity index (χ3v) is 6.18. The van der Waals surface area contributed by atoms with Gasteiger partial charge in [-0.1, -0.05) is 30.3 Å². The van der Waals surface area contributed by atoms with Gasteiger partial charge in [-0.15, -0.1) is 0 Å². The molecule has 0 bridgehead atoms. The van der Waals surface area contributed by atoms with Gasteiger partial charge in [0.15, 0.2) is 0 Å². The molecule has 0 saturated carbocycles. The van der Waals surface area contributed by atoms with Crippen LogP contribution in [0, 0.1) is 11.7 Å². The Balaban J connectivity index is 1.62. The number of methoxy groups -OCH3 is 2. The van der Waals surface area contributed by atoms with Crippen LogP contribution in [0.15, 0.2) is 72.8 Å². The zero-order chi connectivity index (χ0) is 24.1. The first-order valence-corrected chi connectivity index (χ1v) is 11.1. The molecule has 1 N–H and O–H groups in total. The molecule has 4 rings (SSSR count). The van der Waals surface area contributed by atoms with Crippen LogP contribution in [0.4, 0.5) is 4.39 Å². The van der Waals surface area contributed by atoms with E-state index in [-0.39, 0.29) is 24.3 Å². The molecular formula is C27H27FN2O4. The molecule has 0 unspecified atom stereocenters. The maximum Gasteiger partial charge on any atom is 0.253 e. The molecule has 1 fully saturated rings. The van der Waals surface area contributed by atoms with Gasteiger partial charge in [0, 0.05) is 36.7 Å². The van der Waals surface area contributed by atoms with Crippen LogP contribution in [-0.4, -0.2) is 44.0 Å². The summed E-state index contributed by atoms with van der Waals surface area (Å²) in [7, 11) is 3.15. The van der Waals surface area contributed by atoms with Crippen molar-refractivity contribution < 1.29 is 23.5 Å². The lowest BCUT2D eigenvalue weighted by Crippen LogP contribution is -2.35. The molecule has 2 atom stereocenters. The largest absolute Gasteiger partial charge is 0.497 e. The molecule has 3 aromatic rings. The summed E-state index contributed by atoms with van der Waals surface area (Å²) < 4.78 is 24.3. The van der Waals surface area contributed by atoms with Gasteiger partial charge in [0.1, 0.15) is 17.3 Å². The predicted octanol–water partition coefficient (Wildman–Crippen LogP) is 4.02. The SMILES string of the molecule is COc1ccc(OC)c([C@H]2CN(C(=O)c3ccc(F)cc3)C[C@@H]2C(=O)NCc2ccccc2)c1. The van der Waals surface area contributed by atoms with E-state index >= 15 is 0 Å². The van der Waals surface area contributed by atoms with Crippen LogP contribution in [0.2, 0.25) is 0 Å². The van der Waals surface area contributed by atoms with E-state index in [0.29, 0.717) is 30.2 Å². The third kappa shape index (κ3) is 5.03. The molecular weight excluding hydrogens is 435 g/mol. The van der Waals surface area contributed by atoms with Crippen molar-refractivity contribution in [1.29, 1.82) is 0 Å². The van der Waals surface area contributed by atoms with Crippen LogP contribution in [0.5, 0.6) is 11.5 Å². The number of carbonyl (C=O) groups excluding carboxylic acids is 2. The number of halogens is 1. The number of amides is 2. The highest BCUT2D eigenvalue weighted by Crippen LogP contribution is 2.40. The summed E-state index contributed by atoms with van der Waals surface area (Å²) in [6.07, 6.45) is 0. The lowest BCUT2D eigenvalue weighted by atomic mass is 9.87. The predicted molar refractivity (Wildman–Crippen MR) is 126 cm³/mol. The van der Waals surface area contributed by atoms with Gasteiger partial charge >= 0.3 is 0 Å². The molecule has 176 valence electrons. The smallest absolute Gasteiger partial charge is 0.253 e. The molecule has 1 saturated heterocycles. The van der Waals surface area contributed by atoms with Gasteiger partial charge in [0.05, 0.1) is 20.1 Å². The van der Waals surface area contributed by atoms with Crippen LogP contribution in [0.25, 0.3) is 0 Å². The summed E-state index contributed by atoms with van der Waals surface area (Å²) in [5.41, 5.74) is 2.17. The second kappa shape index (κ2) is 10.4. The van der Waals surface area contributed by atoms with E-state index in [1.807, 2.05) is 36.4 Å². The maximum absolute atomic E-state index is 13.4. The van der Waals surface area contributed by atoms with Crippen molar-refractivity contribution in [2.45, 2.75) is 12.5 Å². The Bertz CT molecular complexity index is 1150. The quantitative estimate of drug-likeness (QED) is 0.576. The molecule has 2 amide bonds. The topological polar surface area (TPSA) is 67.9 Å². The number of benzene rings is 3. The number of nitrogens with one attached hydrogen (secondary N) is 1. The van der Waals surface area contributed by atoms with Crippen LogP contribution in [-0.2, 0) is 11.3 Å². The Hall–Kier alpha value is -3.87. The lowest BCUT2D eigenvalue weighted by Gasteiger charge is -2.21. The summed E-state index contributed by atoms with van der Waals surface area (Å²) in [5, 5.41) is 3.01. The minimum absolute atomic E-state index is 0.145. The van der Waals surface area contributed by atoms with Gasteiger partial charge in [0.25, 0.3) is 5.91 Å². The van der Waals surface area contributed by atoms with Gasteiger partial charge in [-0.3, -0.25) is 9.59 Å². The van der Waals surface area contributed by atoms with Crippen molar-refractivity contribution in [2.24, 2.45) is 5.92 Å². The second-order valence-corrected chi connectivity index (χ2v) is 8.24. The molecule has 0 spiro atoms. The minimum Gasteiger partial charge on any atom is -0.497 e. The Kier molecular flexibility index (Phi) is 7.11. The van der Waals surface area contributed by atoms with Crippen LogP contribution < -0.4 is 14.8 Å². The summed E-state index contributed by atoms with van der Waals surface area (Å²) in [4.78, 5) is 28.2. The number of ether oxygens (including phenoxy) is 2. The van der Waals surface area contributed by atoms with Crippen LogP contribution >= 0.6 is 0 Å². The number of likely N-dealkylation sites (tertiary alicyclic amines) is 1. The number of nitrogens with zero attached hydrogens (tertiary/aromatic N) is 1. The zero-order valence-corrected chi connectivity index (χ0v) is 19.2. The van der Waals surface area contributed by atoms with E-state index in [9.17, 15) is 14.0 Å². The summed E-state index contributed by atoms with van der Waals surface area (Å²) in [5.74, 6) is -0.321. The Labute approximate surface area is 198 Å². The van der Waals surface area contributed by atoms with E-state index < -0.39 is 11.7 Å². The molecule has 34 heavy (non-hydrogen) atoms. The second-order valence-electron chi connectivity index (χ2n) is 8.24. The van der Waals surface area contributed by atoms with Crippen molar-refractivity contribution in [3.05, 3.63) is 95.3 Å². The first-order chi connectivity index (χ1) is 16.5. The van der Waals surface area contributed by atoms with E-state index in [4.69, 9.17) is 9.47 Å². The molecule has 3 aromatic carbocycles. The van der Waals surface area contributed by atoms with Crippen molar-refractivity contribution in [1.82, 2.24) is 10.2 Å². The monoisotopic (exact) mass is 462 g/mol. The van der Waals surface area contributed by atoms with Crippen molar-refractivity contribution in [2.75, 3.05) is 27.3 Å². The Morgan fingerprint density at radius 3 is 2.38 bits per heavy atom. The zero-order valence-electron chi connectivity index (χ0n) is 19.2. The van der Waals surface area contributed by atoms with Crippen LogP contribution in [0.1, 0.15) is 27.4 Å². The van der Waals surface area contributed by atoms with Crippen molar-refractivity contribution in [3.8, 4) is 11.5 Å². The van der Waals surface area contributed by atoms with Gasteiger partial charge in [-0.05, 0) is 48.0 Å². The van der Waals surface area contributed by atoms with Crippen molar-refractivity contribution >= 4 is 11.8 Å². The molecule has 1 aliphatic rings. The molecule has 7 heteroatoms. The standard InChI is InChI=1S/C27H27FN2O4/c1-33-21-12-13-25(34-2)22(14-21)23-16-30(27(32)19-8-10-20(28)11-9-19)17-24(23)26(31)29-15-18-6-4-3-5-7-18/h3-14,23-24H,15-17H2,1-2H3,(H,29,31)/t23-,24+/m1/s1. The Morgan fingerprint density at radius 1 is 0.971 bits per heavy atom. The molecule has 6 nitrogen and oxygen atoms in total. The van der Waals surface area contributed by atoms with E-state index in [1.165, 1.54) is 24.3 Å². The first-order valence-electron chi connectivity index (χ1n) is 11.1. The number of rotatable bonds is 7. The summed E-state index contributed by atoms with van der Waals surface area (Å²) >= 11 is 0. The fourth-order valence-corrected chi connectivity index (χ4v) is 4.37. The van der Waals surface area contributed by atoms with E-state index in [1.54, 1.807) is 31.3 Å². The highest BCUT2D eigenvalue weighted by molar-refractivity contribution is 5.95. The summed E-state index contributed by atoms with van der Waals surface area (Å²) in [6, 6.07) is 20.5. The van der Waals surface area contributed by atoms with Gasteiger partial charge in [-0.25, -0.2) is 4.39 Å². The minimum atomic E-state index is -0.492. The highest BCUT2D eigenvalue weighted by atomic mass is 19.1. The fraction of sp³-hybridized carbons (Fsp3) is 0.259. The number of carbonyl (C=O) groups is 2. The van der Waals surface area contributed by atoms with E-state index in [2.05, 4.69) is 5.32 Å². The molecule has 1 heterocycles. The van der Waals surface area contributed by atoms with Crippen molar-refractivity contribution in [3.63, 3.8) is 0 Å². The normalized spacial score (nSPS) is 17.3. The first kappa shape index (κ1) is 23.3. The molecule has 0 aliphatic carbocycles. The fourth-order valence-electron chi connectivity index (χ4n) is 4.37. The third-order valence-electron chi connectivity index (χ3n) is 6.18. The maximum atomic E-state index is 13.4. The molecule has 0 aromatic heterocycles. The van der Waals surface area contributed by atoms with Gasteiger partial charge in [-0.2, -0.15) is 0 Å². The number of hydrogen-bond donors (Lipinski definition) is 1. The lowest BCUT2D eigenvalue weighted by molar-refractivity contribution is -0.125. The Morgan fingerprint density at radius 2 is 1.71 bits per heavy atom. The van der Waals surface area contributed by atoms with E-state index in [0.717, 1.165) is 11.1 Å². The average Bonchev–Trinajstić information content (AvgIpc) is 3.33. The highest BCUT2D eigenvalue weighted by Gasteiger charge is 2.42. The van der Waals surface area contributed by atoms with Crippen LogP contribution in [0.3, 0.4) is 0 Å². The van der Waals surface area contributed by atoms with Gasteiger partial charge in [0.2, 0.25) is 5.91 Å². The number of hydrogen-bond acceptors (Lipinski definition) is 4. The summed E-state index contributed by atoms with van der Waals surface area (Å²) in [6.45, 7) is 0.953. The molecule has 1 aliphatic heterocycles. The van der Waals surface area contributed by atoms with Gasteiger partial charge < -0.3 is 19.7 Å².